The Morgan fingerprint density at radius 1 is 1.33 bits per heavy atom. The molecule has 0 heterocycles. The molecule has 0 aliphatic heterocycles. The fraction of sp³-hybridized carbons (Fsp3) is 0.917. The second-order valence-corrected chi connectivity index (χ2v) is 5.80. The third-order valence-corrected chi connectivity index (χ3v) is 5.45. The van der Waals surface area contributed by atoms with Crippen molar-refractivity contribution in [3.63, 3.8) is 0 Å². The molecule has 3 heteroatoms. The molecule has 15 heavy (non-hydrogen) atoms. The lowest BCUT2D eigenvalue weighted by Crippen LogP contribution is -2.59. The molecular weight excluding hydrogens is 190 g/mol. The van der Waals surface area contributed by atoms with Crippen LogP contribution in [0.25, 0.3) is 0 Å². The molecule has 84 valence electrons. The summed E-state index contributed by atoms with van der Waals surface area (Å²) >= 11 is 0. The summed E-state index contributed by atoms with van der Waals surface area (Å²) in [6.07, 6.45) is 5.47. The Morgan fingerprint density at radius 3 is 2.80 bits per heavy atom. The summed E-state index contributed by atoms with van der Waals surface area (Å²) in [6, 6.07) is 0. The van der Waals surface area contributed by atoms with Crippen LogP contribution in [-0.2, 0) is 4.79 Å². The van der Waals surface area contributed by atoms with Crippen LogP contribution in [0.15, 0.2) is 0 Å². The van der Waals surface area contributed by atoms with Gasteiger partial charge in [-0.25, -0.2) is 0 Å². The highest BCUT2D eigenvalue weighted by Gasteiger charge is 2.65. The molecule has 0 saturated heterocycles. The number of rotatable bonds is 3. The first-order chi connectivity index (χ1) is 7.17. The Morgan fingerprint density at radius 2 is 2.13 bits per heavy atom. The highest BCUT2D eigenvalue weighted by Crippen LogP contribution is 2.70. The third-order valence-electron chi connectivity index (χ3n) is 5.45. The first-order valence-corrected chi connectivity index (χ1v) is 6.09. The SMILES string of the molecule is NC[C@]1(CC(=O)O)[C@@H]2CC[C@@H]3C[C@H]2[C@H]1C3. The van der Waals surface area contributed by atoms with Crippen LogP contribution >= 0.6 is 0 Å². The standard InChI is InChI=1S/C12H19NO2/c13-6-12(5-11(14)15)9-2-1-7-3-8(9)10(12)4-7/h7-10H,1-6,13H2,(H,14,15)/t7-,8-,9-,10-,12-/m1/s1. The largest absolute Gasteiger partial charge is 0.481 e. The van der Waals surface area contributed by atoms with Gasteiger partial charge in [0.25, 0.3) is 0 Å². The fourth-order valence-electron chi connectivity index (χ4n) is 4.94. The Bertz CT molecular complexity index is 296. The topological polar surface area (TPSA) is 63.3 Å². The van der Waals surface area contributed by atoms with E-state index in [0.717, 1.165) is 11.8 Å². The molecular formula is C12H19NO2. The van der Waals surface area contributed by atoms with Gasteiger partial charge in [0.2, 0.25) is 0 Å². The van der Waals surface area contributed by atoms with Crippen LogP contribution in [0.1, 0.15) is 32.1 Å². The Labute approximate surface area is 90.0 Å². The summed E-state index contributed by atoms with van der Waals surface area (Å²) in [5, 5.41) is 9.04. The molecule has 0 unspecified atom stereocenters. The number of fused-ring (bicyclic) bond motifs is 1. The lowest BCUT2D eigenvalue weighted by molar-refractivity contribution is -0.156. The number of hydrogen-bond acceptors (Lipinski definition) is 2. The van der Waals surface area contributed by atoms with Crippen molar-refractivity contribution in [1.29, 1.82) is 0 Å². The maximum atomic E-state index is 11.0. The monoisotopic (exact) mass is 209 g/mol. The predicted molar refractivity (Wildman–Crippen MR) is 56.2 cm³/mol. The first kappa shape index (κ1) is 9.64. The minimum absolute atomic E-state index is 0.0260. The molecule has 0 aromatic carbocycles. The van der Waals surface area contributed by atoms with Gasteiger partial charge in [-0.3, -0.25) is 4.79 Å². The van der Waals surface area contributed by atoms with Crippen LogP contribution in [0.3, 0.4) is 0 Å². The zero-order valence-corrected chi connectivity index (χ0v) is 8.98. The molecule has 3 nitrogen and oxygen atoms in total. The number of hydrogen-bond donors (Lipinski definition) is 2. The number of carboxylic acids is 1. The van der Waals surface area contributed by atoms with Crippen LogP contribution in [0.2, 0.25) is 0 Å². The lowest BCUT2D eigenvalue weighted by atomic mass is 9.45. The highest BCUT2D eigenvalue weighted by atomic mass is 16.4. The van der Waals surface area contributed by atoms with Crippen LogP contribution < -0.4 is 5.73 Å². The van der Waals surface area contributed by atoms with Crippen molar-refractivity contribution >= 4 is 5.97 Å². The molecule has 3 fully saturated rings. The smallest absolute Gasteiger partial charge is 0.303 e. The van der Waals surface area contributed by atoms with Gasteiger partial charge >= 0.3 is 5.97 Å². The average molecular weight is 209 g/mol. The van der Waals surface area contributed by atoms with Gasteiger partial charge in [-0.05, 0) is 54.9 Å². The van der Waals surface area contributed by atoms with Crippen molar-refractivity contribution in [2.24, 2.45) is 34.8 Å². The van der Waals surface area contributed by atoms with Gasteiger partial charge in [-0.1, -0.05) is 6.42 Å². The van der Waals surface area contributed by atoms with Gasteiger partial charge in [-0.15, -0.1) is 0 Å². The van der Waals surface area contributed by atoms with Gasteiger partial charge in [-0.2, -0.15) is 0 Å². The van der Waals surface area contributed by atoms with Crippen LogP contribution in [0, 0.1) is 29.1 Å². The maximum Gasteiger partial charge on any atom is 0.303 e. The first-order valence-electron chi connectivity index (χ1n) is 6.09. The van der Waals surface area contributed by atoms with Crippen molar-refractivity contribution in [2.45, 2.75) is 32.1 Å². The van der Waals surface area contributed by atoms with Gasteiger partial charge in [0.1, 0.15) is 0 Å². The lowest BCUT2D eigenvalue weighted by Gasteiger charge is -2.59. The molecule has 3 saturated carbocycles. The molecule has 3 rings (SSSR count). The number of aliphatic carboxylic acids is 1. The van der Waals surface area contributed by atoms with E-state index < -0.39 is 5.97 Å². The Balaban J connectivity index is 1.88. The van der Waals surface area contributed by atoms with E-state index in [0.29, 0.717) is 24.8 Å². The molecule has 2 bridgehead atoms. The average Bonchev–Trinajstić information content (AvgIpc) is 2.40. The number of carboxylic acid groups (broad SMARTS) is 1. The second kappa shape index (κ2) is 2.97. The molecule has 0 amide bonds. The zero-order valence-electron chi connectivity index (χ0n) is 8.98. The Hall–Kier alpha value is -0.570. The zero-order chi connectivity index (χ0) is 10.6. The van der Waals surface area contributed by atoms with Crippen LogP contribution in [0.5, 0.6) is 0 Å². The molecule has 0 radical (unpaired) electrons. The highest BCUT2D eigenvalue weighted by molar-refractivity contribution is 5.68. The quantitative estimate of drug-likeness (QED) is 0.740. The van der Waals surface area contributed by atoms with Crippen molar-refractivity contribution in [3.05, 3.63) is 0 Å². The summed E-state index contributed by atoms with van der Waals surface area (Å²) < 4.78 is 0. The maximum absolute atomic E-state index is 11.0. The van der Waals surface area contributed by atoms with Crippen molar-refractivity contribution < 1.29 is 9.90 Å². The van der Waals surface area contributed by atoms with E-state index in [2.05, 4.69) is 0 Å². The third kappa shape index (κ3) is 1.07. The van der Waals surface area contributed by atoms with Gasteiger partial charge in [0, 0.05) is 0 Å². The number of nitrogens with two attached hydrogens (primary N) is 1. The summed E-state index contributed by atoms with van der Waals surface area (Å²) in [5.41, 5.74) is 5.87. The van der Waals surface area contributed by atoms with E-state index in [1.165, 1.54) is 25.7 Å². The van der Waals surface area contributed by atoms with Crippen molar-refractivity contribution in [3.8, 4) is 0 Å². The molecule has 3 aliphatic carbocycles. The fourth-order valence-corrected chi connectivity index (χ4v) is 4.94. The normalized spacial score (nSPS) is 51.3. The molecule has 3 N–H and O–H groups in total. The molecule has 0 spiro atoms. The Kier molecular flexibility index (Phi) is 1.91. The van der Waals surface area contributed by atoms with Crippen LogP contribution in [-0.4, -0.2) is 17.6 Å². The van der Waals surface area contributed by atoms with Crippen molar-refractivity contribution in [2.75, 3.05) is 6.54 Å². The van der Waals surface area contributed by atoms with Crippen LogP contribution in [0.4, 0.5) is 0 Å². The van der Waals surface area contributed by atoms with E-state index in [9.17, 15) is 4.79 Å². The predicted octanol–water partition coefficient (Wildman–Crippen LogP) is 1.47. The molecule has 0 aromatic rings. The van der Waals surface area contributed by atoms with E-state index in [1.807, 2.05) is 0 Å². The summed E-state index contributed by atoms with van der Waals surface area (Å²) in [5.74, 6) is 2.32. The summed E-state index contributed by atoms with van der Waals surface area (Å²) in [6.45, 7) is 0.581. The molecule has 3 aliphatic rings. The molecule has 0 aromatic heterocycles. The van der Waals surface area contributed by atoms with Gasteiger partial charge in [0.05, 0.1) is 6.42 Å². The van der Waals surface area contributed by atoms with E-state index in [-0.39, 0.29) is 5.41 Å². The van der Waals surface area contributed by atoms with Crippen molar-refractivity contribution in [1.82, 2.24) is 0 Å². The van der Waals surface area contributed by atoms with Gasteiger partial charge in [0.15, 0.2) is 0 Å². The number of carbonyl (C=O) groups is 1. The molecule has 5 atom stereocenters. The van der Waals surface area contributed by atoms with E-state index >= 15 is 0 Å². The van der Waals surface area contributed by atoms with E-state index in [4.69, 9.17) is 10.8 Å². The second-order valence-electron chi connectivity index (χ2n) is 5.80. The minimum Gasteiger partial charge on any atom is -0.481 e. The van der Waals surface area contributed by atoms with Gasteiger partial charge < -0.3 is 10.8 Å². The van der Waals surface area contributed by atoms with E-state index in [1.54, 1.807) is 0 Å². The minimum atomic E-state index is -0.658. The summed E-state index contributed by atoms with van der Waals surface area (Å²) in [7, 11) is 0. The summed E-state index contributed by atoms with van der Waals surface area (Å²) in [4.78, 5) is 11.0.